The van der Waals surface area contributed by atoms with Gasteiger partial charge in [-0.05, 0) is 158 Å². The topological polar surface area (TPSA) is 62.5 Å². The van der Waals surface area contributed by atoms with E-state index >= 15 is 0 Å². The number of nitriles is 1. The molecule has 10 rings (SSSR count). The van der Waals surface area contributed by atoms with Crippen molar-refractivity contribution in [2.75, 3.05) is 0 Å². The zero-order valence-electron chi connectivity index (χ0n) is 42.5. The van der Waals surface area contributed by atoms with Gasteiger partial charge in [0.25, 0.3) is 0 Å². The first kappa shape index (κ1) is 43.7. The van der Waals surface area contributed by atoms with E-state index < -0.39 is 11.8 Å². The van der Waals surface area contributed by atoms with Crippen LogP contribution in [0.2, 0.25) is 0 Å². The molecule has 0 atom stereocenters. The largest absolute Gasteiger partial charge is 0.256 e. The van der Waals surface area contributed by atoms with Gasteiger partial charge in [-0.2, -0.15) is 5.26 Å². The van der Waals surface area contributed by atoms with E-state index in [1.807, 2.05) is 130 Å². The number of aryl methyl sites for hydroxylation is 4. The SMILES string of the molecule is [2H]C([2H])(c1cnc(-c2ccc(-c3ccccc3-c3cc(CCc4ccc(-c5ccccn5)cc4)cc(CCc4ccc(-c5ccccn5)cc4)c3)c(-c3ccc(C#N)cc3)c2)cc1-c1ccccc1)C(C)(C)C. The molecule has 0 bridgehead atoms. The Hall–Kier alpha value is -8.52. The molecule has 0 saturated heterocycles. The fourth-order valence-electron chi connectivity index (χ4n) is 9.38. The Morgan fingerprint density at radius 3 is 1.46 bits per heavy atom. The minimum atomic E-state index is -1.65. The van der Waals surface area contributed by atoms with Gasteiger partial charge in [-0.1, -0.05) is 178 Å². The van der Waals surface area contributed by atoms with Crippen molar-refractivity contribution >= 4 is 0 Å². The zero-order valence-corrected chi connectivity index (χ0v) is 40.5. The molecule has 0 aliphatic rings. The van der Waals surface area contributed by atoms with Crippen molar-refractivity contribution in [3.63, 3.8) is 0 Å². The summed E-state index contributed by atoms with van der Waals surface area (Å²) in [5, 5.41) is 9.81. The van der Waals surface area contributed by atoms with Gasteiger partial charge in [0.15, 0.2) is 0 Å². The van der Waals surface area contributed by atoms with Crippen LogP contribution in [0.25, 0.3) is 78.3 Å². The minimum absolute atomic E-state index is 0.562. The van der Waals surface area contributed by atoms with Crippen molar-refractivity contribution in [1.29, 1.82) is 5.26 Å². The lowest BCUT2D eigenvalue weighted by Gasteiger charge is -2.21. The van der Waals surface area contributed by atoms with Crippen LogP contribution in [-0.4, -0.2) is 15.0 Å². The maximum Gasteiger partial charge on any atom is 0.0991 e. The predicted molar refractivity (Wildman–Crippen MR) is 293 cm³/mol. The van der Waals surface area contributed by atoms with Crippen molar-refractivity contribution in [2.45, 2.75) is 52.8 Å². The molecular weight excluding hydrogens is 861 g/mol. The minimum Gasteiger partial charge on any atom is -0.256 e. The summed E-state index contributed by atoms with van der Waals surface area (Å²) in [6.45, 7) is 5.80. The first-order chi connectivity index (χ1) is 35.5. The number of nitrogens with zero attached hydrogens (tertiary/aromatic N) is 4. The van der Waals surface area contributed by atoms with Crippen LogP contribution >= 0.6 is 0 Å². The molecule has 3 aromatic heterocycles. The second-order valence-corrected chi connectivity index (χ2v) is 19.2. The van der Waals surface area contributed by atoms with E-state index in [2.05, 4.69) is 125 Å². The highest BCUT2D eigenvalue weighted by molar-refractivity contribution is 5.94. The smallest absolute Gasteiger partial charge is 0.0991 e. The van der Waals surface area contributed by atoms with Crippen LogP contribution in [0.5, 0.6) is 0 Å². The average Bonchev–Trinajstić information content (AvgIpc) is 3.44. The Bertz CT molecular complexity index is 3440. The lowest BCUT2D eigenvalue weighted by Crippen LogP contribution is -2.10. The van der Waals surface area contributed by atoms with Crippen molar-refractivity contribution < 1.29 is 2.74 Å². The maximum atomic E-state index is 9.81. The molecule has 3 heterocycles. The molecule has 344 valence electrons. The molecule has 0 aliphatic heterocycles. The normalized spacial score (nSPS) is 11.9. The summed E-state index contributed by atoms with van der Waals surface area (Å²) in [5.74, 6) is 0. The van der Waals surface area contributed by atoms with Crippen molar-refractivity contribution in [3.8, 4) is 84.3 Å². The molecule has 4 nitrogen and oxygen atoms in total. The highest BCUT2D eigenvalue weighted by Gasteiger charge is 2.19. The Kier molecular flexibility index (Phi) is 12.9. The van der Waals surface area contributed by atoms with E-state index in [-0.39, 0.29) is 0 Å². The van der Waals surface area contributed by atoms with Crippen molar-refractivity contribution in [3.05, 3.63) is 258 Å². The number of pyridine rings is 3. The van der Waals surface area contributed by atoms with Crippen molar-refractivity contribution in [2.24, 2.45) is 5.41 Å². The zero-order chi connectivity index (χ0) is 50.4. The van der Waals surface area contributed by atoms with Gasteiger partial charge in [0.2, 0.25) is 0 Å². The number of hydrogen-bond donors (Lipinski definition) is 0. The third-order valence-corrected chi connectivity index (χ3v) is 13.0. The first-order valence-electron chi connectivity index (χ1n) is 25.4. The molecule has 0 fully saturated rings. The highest BCUT2D eigenvalue weighted by atomic mass is 14.7. The van der Waals surface area contributed by atoms with E-state index in [9.17, 15) is 8.00 Å². The van der Waals surface area contributed by atoms with E-state index in [0.717, 1.165) is 104 Å². The summed E-state index contributed by atoms with van der Waals surface area (Å²) in [6, 6.07) is 74.1. The summed E-state index contributed by atoms with van der Waals surface area (Å²) < 4.78 is 18.6. The van der Waals surface area contributed by atoms with E-state index in [4.69, 9.17) is 4.98 Å². The van der Waals surface area contributed by atoms with Crippen molar-refractivity contribution in [1.82, 2.24) is 15.0 Å². The Labute approximate surface area is 421 Å². The van der Waals surface area contributed by atoms with Crippen LogP contribution in [0.1, 0.15) is 56.9 Å². The average molecular weight is 919 g/mol. The Morgan fingerprint density at radius 1 is 0.394 bits per heavy atom. The lowest BCUT2D eigenvalue weighted by molar-refractivity contribution is 0.411. The van der Waals surface area contributed by atoms with Crippen LogP contribution in [0.3, 0.4) is 0 Å². The molecule has 71 heavy (non-hydrogen) atoms. The quantitative estimate of drug-likeness (QED) is 0.109. The fourth-order valence-corrected chi connectivity index (χ4v) is 9.38. The molecular formula is C67H56N4. The number of rotatable bonds is 14. The molecule has 0 N–H and O–H groups in total. The molecule has 0 unspecified atom stereocenters. The molecule has 4 heteroatoms. The van der Waals surface area contributed by atoms with Crippen LogP contribution in [0, 0.1) is 16.7 Å². The van der Waals surface area contributed by atoms with Gasteiger partial charge in [0, 0.05) is 38.0 Å². The van der Waals surface area contributed by atoms with Gasteiger partial charge in [-0.15, -0.1) is 0 Å². The third-order valence-electron chi connectivity index (χ3n) is 13.0. The number of hydrogen-bond acceptors (Lipinski definition) is 4. The first-order valence-corrected chi connectivity index (χ1v) is 24.4. The highest BCUT2D eigenvalue weighted by Crippen LogP contribution is 2.42. The molecule has 0 aliphatic carbocycles. The van der Waals surface area contributed by atoms with Crippen LogP contribution in [-0.2, 0) is 32.1 Å². The summed E-state index contributed by atoms with van der Waals surface area (Å²) >= 11 is 0. The summed E-state index contributed by atoms with van der Waals surface area (Å²) in [5.41, 5.74) is 19.6. The summed E-state index contributed by atoms with van der Waals surface area (Å²) in [6.07, 6.45) is 7.30. The van der Waals surface area contributed by atoms with E-state index in [1.54, 1.807) is 6.20 Å². The van der Waals surface area contributed by atoms with Gasteiger partial charge < -0.3 is 0 Å². The Morgan fingerprint density at radius 2 is 0.901 bits per heavy atom. The summed E-state index contributed by atoms with van der Waals surface area (Å²) in [7, 11) is 0. The van der Waals surface area contributed by atoms with Gasteiger partial charge >= 0.3 is 0 Å². The molecule has 0 radical (unpaired) electrons. The maximum absolute atomic E-state index is 9.81. The molecule has 10 aromatic rings. The molecule has 7 aromatic carbocycles. The van der Waals surface area contributed by atoms with Gasteiger partial charge in [-0.25, -0.2) is 0 Å². The number of benzene rings is 7. The van der Waals surface area contributed by atoms with E-state index in [1.165, 1.54) is 22.3 Å². The molecule has 0 spiro atoms. The van der Waals surface area contributed by atoms with Gasteiger partial charge in [0.1, 0.15) is 0 Å². The Balaban J connectivity index is 1.04. The van der Waals surface area contributed by atoms with E-state index in [0.29, 0.717) is 11.1 Å². The molecule has 0 amide bonds. The second-order valence-electron chi connectivity index (χ2n) is 19.2. The van der Waals surface area contributed by atoms with Crippen LogP contribution in [0.15, 0.2) is 225 Å². The molecule has 0 saturated carbocycles. The lowest BCUT2D eigenvalue weighted by atomic mass is 9.84. The van der Waals surface area contributed by atoms with Crippen LogP contribution in [0.4, 0.5) is 0 Å². The monoisotopic (exact) mass is 918 g/mol. The number of aromatic nitrogens is 3. The van der Waals surface area contributed by atoms with Crippen LogP contribution < -0.4 is 0 Å². The van der Waals surface area contributed by atoms with Gasteiger partial charge in [0.05, 0.1) is 28.7 Å². The standard InChI is InChI=1S/C67H56N4/c1-67(2,3)44-58-46-71-66(43-62(58)52-13-5-4-6-14-52)56-35-36-61(63(42-56)53-29-27-49(45-68)28-30-53)60-16-8-7-15-59(60)57-40-50(21-19-47-23-31-54(32-24-47)64-17-9-11-37-69-64)39-51(41-57)22-20-48-25-33-55(34-26-48)65-18-10-12-38-70-65/h4-18,23-43,46H,19-22,44H2,1-3H3/i44D2. The predicted octanol–water partition coefficient (Wildman–Crippen LogP) is 16.6. The van der Waals surface area contributed by atoms with Gasteiger partial charge in [-0.3, -0.25) is 15.0 Å². The fraction of sp³-hybridized carbons (Fsp3) is 0.134. The third kappa shape index (κ3) is 11.2. The second kappa shape index (κ2) is 21.0. The summed E-state index contributed by atoms with van der Waals surface area (Å²) in [4.78, 5) is 14.1.